The maximum atomic E-state index is 4.64. The predicted molar refractivity (Wildman–Crippen MR) is 127 cm³/mol. The number of benzene rings is 1. The third-order valence-corrected chi connectivity index (χ3v) is 7.06. The molecule has 32 heavy (non-hydrogen) atoms. The molecule has 1 saturated carbocycles. The number of halogens is 2. The molecule has 0 amide bonds. The molecule has 1 aliphatic heterocycles. The van der Waals surface area contributed by atoms with Gasteiger partial charge in [-0.2, -0.15) is 15.4 Å². The fourth-order valence-electron chi connectivity index (χ4n) is 4.61. The minimum absolute atomic E-state index is 0.536. The number of anilines is 2. The van der Waals surface area contributed by atoms with Gasteiger partial charge in [-0.15, -0.1) is 0 Å². The molecule has 4 aromatic rings. The van der Waals surface area contributed by atoms with Gasteiger partial charge >= 0.3 is 0 Å². The van der Waals surface area contributed by atoms with E-state index in [1.54, 1.807) is 6.20 Å². The van der Waals surface area contributed by atoms with Crippen LogP contribution in [0.3, 0.4) is 0 Å². The van der Waals surface area contributed by atoms with Gasteiger partial charge in [-0.1, -0.05) is 31.9 Å². The van der Waals surface area contributed by atoms with Gasteiger partial charge in [0, 0.05) is 40.7 Å². The Hall–Kier alpha value is -2.79. The van der Waals surface area contributed by atoms with Gasteiger partial charge in [-0.25, -0.2) is 15.0 Å². The average molecular weight is 557 g/mol. The number of nitrogens with zero attached hydrogens (tertiary/aromatic N) is 6. The summed E-state index contributed by atoms with van der Waals surface area (Å²) in [5.74, 6) is 4.14. The first-order valence-electron chi connectivity index (χ1n) is 10.3. The zero-order valence-corrected chi connectivity index (χ0v) is 20.0. The van der Waals surface area contributed by atoms with E-state index in [4.69, 9.17) is 0 Å². The molecule has 3 N–H and O–H groups in total. The Bertz CT molecular complexity index is 1220. The summed E-state index contributed by atoms with van der Waals surface area (Å²) in [4.78, 5) is 19.3. The molecule has 1 saturated heterocycles. The van der Waals surface area contributed by atoms with Gasteiger partial charge in [0.15, 0.2) is 5.82 Å². The summed E-state index contributed by atoms with van der Waals surface area (Å²) in [7, 11) is 0. The number of H-pyrrole nitrogens is 2. The molecular weight excluding hydrogens is 538 g/mol. The summed E-state index contributed by atoms with van der Waals surface area (Å²) in [5.41, 5.74) is 2.97. The molecule has 1 aromatic carbocycles. The number of aromatic nitrogens is 7. The number of rotatable bonds is 6. The second-order valence-corrected chi connectivity index (χ2v) is 10.00. The lowest BCUT2D eigenvalue weighted by Crippen LogP contribution is -2.23. The molecule has 1 aliphatic carbocycles. The van der Waals surface area contributed by atoms with Crippen molar-refractivity contribution in [2.75, 3.05) is 23.3 Å². The van der Waals surface area contributed by atoms with Crippen LogP contribution in [0.25, 0.3) is 11.5 Å². The lowest BCUT2D eigenvalue weighted by molar-refractivity contribution is 0.729. The Kier molecular flexibility index (Phi) is 4.94. The number of aromatic amines is 2. The van der Waals surface area contributed by atoms with Crippen LogP contribution in [0.5, 0.6) is 0 Å². The number of piperidine rings is 1. The highest BCUT2D eigenvalue weighted by Gasteiger charge is 2.57. The van der Waals surface area contributed by atoms with E-state index in [2.05, 4.69) is 89.6 Å². The van der Waals surface area contributed by atoms with Gasteiger partial charge in [-0.3, -0.25) is 0 Å². The molecule has 162 valence electrons. The smallest absolute Gasteiger partial charge is 0.223 e. The molecule has 9 nitrogen and oxygen atoms in total. The number of imidazole rings is 1. The molecule has 2 unspecified atom stereocenters. The zero-order valence-electron chi connectivity index (χ0n) is 16.8. The number of fused-ring (bicyclic) bond motifs is 1. The highest BCUT2D eigenvalue weighted by atomic mass is 79.9. The Morgan fingerprint density at radius 3 is 2.62 bits per heavy atom. The van der Waals surface area contributed by atoms with E-state index in [0.717, 1.165) is 50.6 Å². The fourth-order valence-corrected chi connectivity index (χ4v) is 5.99. The highest BCUT2D eigenvalue weighted by Crippen LogP contribution is 2.57. The third kappa shape index (κ3) is 3.79. The van der Waals surface area contributed by atoms with E-state index >= 15 is 0 Å². The maximum absolute atomic E-state index is 4.64. The van der Waals surface area contributed by atoms with Crippen LogP contribution in [0.2, 0.25) is 0 Å². The quantitative estimate of drug-likeness (QED) is 0.329. The Morgan fingerprint density at radius 1 is 1.06 bits per heavy atom. The van der Waals surface area contributed by atoms with Crippen molar-refractivity contribution in [2.24, 2.45) is 11.8 Å². The first-order valence-corrected chi connectivity index (χ1v) is 11.9. The van der Waals surface area contributed by atoms with Crippen LogP contribution < -0.4 is 10.2 Å². The molecule has 4 heterocycles. The lowest BCUT2D eigenvalue weighted by atomic mass is 10.2. The molecule has 2 fully saturated rings. The van der Waals surface area contributed by atoms with Crippen molar-refractivity contribution < 1.29 is 0 Å². The molecule has 0 bridgehead atoms. The number of hydrogen-bond acceptors (Lipinski definition) is 7. The molecule has 2 atom stereocenters. The van der Waals surface area contributed by atoms with Gasteiger partial charge in [0.2, 0.25) is 5.95 Å². The van der Waals surface area contributed by atoms with E-state index < -0.39 is 0 Å². The number of hydrogen-bond donors (Lipinski definition) is 3. The van der Waals surface area contributed by atoms with Crippen molar-refractivity contribution in [3.63, 3.8) is 0 Å². The van der Waals surface area contributed by atoms with Crippen LogP contribution in [-0.4, -0.2) is 48.4 Å². The fraction of sp³-hybridized carbons (Fsp3) is 0.286. The molecule has 2 aliphatic rings. The zero-order chi connectivity index (χ0) is 21.7. The standard InChI is InChI=1S/C21H19Br2N9/c22-12-3-11(4-13(23)5-12)6-26-21-24-2-1-16(28-21)20-25-8-18(29-20)32-9-14-15(10-32)19(14)17-7-27-31-30-17/h1-5,7-8,14-15,19H,6,9-10H2,(H,25,29)(H,24,26,28)(H,27,30,31). The normalized spacial score (nSPS) is 21.6. The lowest BCUT2D eigenvalue weighted by Gasteiger charge is -2.19. The first-order chi connectivity index (χ1) is 15.6. The SMILES string of the molecule is Brc1cc(Br)cc(CNc2nccc(-c3ncc(N4CC5C(C4)C5c4cn[nH]n4)[nH]3)n2)c1. The van der Waals surface area contributed by atoms with Crippen molar-refractivity contribution in [3.8, 4) is 11.5 Å². The Morgan fingerprint density at radius 2 is 1.88 bits per heavy atom. The Balaban J connectivity index is 1.12. The van der Waals surface area contributed by atoms with Crippen molar-refractivity contribution in [1.29, 1.82) is 0 Å². The van der Waals surface area contributed by atoms with Crippen LogP contribution in [0.15, 0.2) is 51.8 Å². The molecule has 0 radical (unpaired) electrons. The summed E-state index contributed by atoms with van der Waals surface area (Å²) in [6, 6.07) is 8.00. The topological polar surface area (TPSA) is 111 Å². The monoisotopic (exact) mass is 555 g/mol. The van der Waals surface area contributed by atoms with Gasteiger partial charge in [-0.05, 0) is 41.7 Å². The minimum Gasteiger partial charge on any atom is -0.356 e. The van der Waals surface area contributed by atoms with Crippen LogP contribution >= 0.6 is 31.9 Å². The second-order valence-electron chi connectivity index (χ2n) is 8.17. The predicted octanol–water partition coefficient (Wildman–Crippen LogP) is 3.97. The summed E-state index contributed by atoms with van der Waals surface area (Å²) >= 11 is 7.04. The molecular formula is C21H19Br2N9. The third-order valence-electron chi connectivity index (χ3n) is 6.14. The van der Waals surface area contributed by atoms with Crippen molar-refractivity contribution in [3.05, 3.63) is 63.1 Å². The largest absolute Gasteiger partial charge is 0.356 e. The highest BCUT2D eigenvalue weighted by molar-refractivity contribution is 9.11. The summed E-state index contributed by atoms with van der Waals surface area (Å²) < 4.78 is 2.04. The van der Waals surface area contributed by atoms with Crippen LogP contribution in [0, 0.1) is 11.8 Å². The van der Waals surface area contributed by atoms with Crippen LogP contribution in [0.1, 0.15) is 17.2 Å². The molecule has 6 rings (SSSR count). The van der Waals surface area contributed by atoms with E-state index in [-0.39, 0.29) is 0 Å². The van der Waals surface area contributed by atoms with Gasteiger partial charge < -0.3 is 15.2 Å². The minimum atomic E-state index is 0.536. The summed E-state index contributed by atoms with van der Waals surface area (Å²) in [5, 5.41) is 14.2. The molecule has 11 heteroatoms. The van der Waals surface area contributed by atoms with E-state index in [1.807, 2.05) is 24.5 Å². The van der Waals surface area contributed by atoms with Crippen molar-refractivity contribution in [1.82, 2.24) is 35.3 Å². The van der Waals surface area contributed by atoms with Crippen molar-refractivity contribution in [2.45, 2.75) is 12.5 Å². The Labute approximate surface area is 200 Å². The van der Waals surface area contributed by atoms with Crippen LogP contribution in [0.4, 0.5) is 11.8 Å². The average Bonchev–Trinajstić information content (AvgIpc) is 3.32. The van der Waals surface area contributed by atoms with Gasteiger partial charge in [0.25, 0.3) is 0 Å². The van der Waals surface area contributed by atoms with Gasteiger partial charge in [0.05, 0.1) is 18.1 Å². The van der Waals surface area contributed by atoms with E-state index in [1.165, 1.54) is 0 Å². The van der Waals surface area contributed by atoms with Crippen LogP contribution in [-0.2, 0) is 6.54 Å². The van der Waals surface area contributed by atoms with E-state index in [0.29, 0.717) is 30.2 Å². The summed E-state index contributed by atoms with van der Waals surface area (Å²) in [6.07, 6.45) is 5.48. The van der Waals surface area contributed by atoms with Crippen molar-refractivity contribution >= 4 is 43.6 Å². The summed E-state index contributed by atoms with van der Waals surface area (Å²) in [6.45, 7) is 2.62. The molecule has 3 aromatic heterocycles. The maximum Gasteiger partial charge on any atom is 0.223 e. The molecule has 0 spiro atoms. The first kappa shape index (κ1) is 19.9. The van der Waals surface area contributed by atoms with Gasteiger partial charge in [0.1, 0.15) is 11.5 Å². The number of nitrogens with one attached hydrogen (secondary N) is 3. The van der Waals surface area contributed by atoms with E-state index in [9.17, 15) is 0 Å². The second kappa shape index (κ2) is 7.96.